The highest BCUT2D eigenvalue weighted by Crippen LogP contribution is 2.25. The molecular weight excluding hydrogens is 252 g/mol. The lowest BCUT2D eigenvalue weighted by molar-refractivity contribution is 0.314. The second-order valence-electron chi connectivity index (χ2n) is 6.18. The maximum Gasteiger partial charge on any atom is 0.0475 e. The molecule has 0 radical (unpaired) electrons. The molecule has 1 atom stereocenters. The first-order valence-corrected chi connectivity index (χ1v) is 8.86. The Morgan fingerprint density at radius 3 is 2.84 bits per heavy atom. The molecule has 2 heterocycles. The highest BCUT2D eigenvalue weighted by Gasteiger charge is 2.21. The number of hydrogen-bond acceptors (Lipinski definition) is 3. The SMILES string of the molecule is c1cc(N2CCCC(NCC3CCCCC3)C2)cs1. The van der Waals surface area contributed by atoms with Crippen molar-refractivity contribution in [3.05, 3.63) is 16.8 Å². The zero-order valence-electron chi connectivity index (χ0n) is 11.8. The van der Waals surface area contributed by atoms with Crippen LogP contribution in [0.2, 0.25) is 0 Å². The van der Waals surface area contributed by atoms with Gasteiger partial charge in [-0.1, -0.05) is 19.3 Å². The van der Waals surface area contributed by atoms with Crippen molar-refractivity contribution < 1.29 is 0 Å². The number of anilines is 1. The predicted molar refractivity (Wildman–Crippen MR) is 84.1 cm³/mol. The van der Waals surface area contributed by atoms with Crippen LogP contribution in [0.5, 0.6) is 0 Å². The highest BCUT2D eigenvalue weighted by atomic mass is 32.1. The van der Waals surface area contributed by atoms with Gasteiger partial charge < -0.3 is 10.2 Å². The Morgan fingerprint density at radius 1 is 1.16 bits per heavy atom. The van der Waals surface area contributed by atoms with Gasteiger partial charge >= 0.3 is 0 Å². The molecule has 3 rings (SSSR count). The molecule has 0 bridgehead atoms. The first-order valence-electron chi connectivity index (χ1n) is 7.92. The molecule has 106 valence electrons. The van der Waals surface area contributed by atoms with Crippen molar-refractivity contribution >= 4 is 17.0 Å². The topological polar surface area (TPSA) is 15.3 Å². The standard InChI is InChI=1S/C16H26N2S/c1-2-5-14(6-3-1)11-17-15-7-4-9-18(12-15)16-8-10-19-13-16/h8,10,13-15,17H,1-7,9,11-12H2. The molecule has 3 heteroatoms. The van der Waals surface area contributed by atoms with E-state index in [9.17, 15) is 0 Å². The molecule has 2 aliphatic rings. The summed E-state index contributed by atoms with van der Waals surface area (Å²) >= 11 is 1.81. The quantitative estimate of drug-likeness (QED) is 0.899. The molecule has 0 amide bonds. The van der Waals surface area contributed by atoms with Gasteiger partial charge in [-0.25, -0.2) is 0 Å². The minimum absolute atomic E-state index is 0.704. The van der Waals surface area contributed by atoms with Gasteiger partial charge in [0, 0.05) is 30.2 Å². The Bertz CT molecular complexity index is 357. The monoisotopic (exact) mass is 278 g/mol. The molecule has 2 fully saturated rings. The van der Waals surface area contributed by atoms with Crippen molar-refractivity contribution in [2.75, 3.05) is 24.5 Å². The van der Waals surface area contributed by atoms with Crippen molar-refractivity contribution in [1.29, 1.82) is 0 Å². The Balaban J connectivity index is 1.45. The van der Waals surface area contributed by atoms with E-state index < -0.39 is 0 Å². The molecular formula is C16H26N2S. The van der Waals surface area contributed by atoms with Crippen molar-refractivity contribution in [2.45, 2.75) is 51.0 Å². The Kier molecular flexibility index (Phi) is 4.78. The molecule has 1 unspecified atom stereocenters. The summed E-state index contributed by atoms with van der Waals surface area (Å²) in [6.07, 6.45) is 9.97. The van der Waals surface area contributed by atoms with Gasteiger partial charge in [-0.2, -0.15) is 11.3 Å². The second kappa shape index (κ2) is 6.76. The minimum Gasteiger partial charge on any atom is -0.369 e. The van der Waals surface area contributed by atoms with Crippen LogP contribution in [-0.4, -0.2) is 25.7 Å². The third-order valence-electron chi connectivity index (χ3n) is 4.71. The number of piperidine rings is 1. The van der Waals surface area contributed by atoms with E-state index in [2.05, 4.69) is 27.0 Å². The number of hydrogen-bond donors (Lipinski definition) is 1. The summed E-state index contributed by atoms with van der Waals surface area (Å²) in [6.45, 7) is 3.68. The van der Waals surface area contributed by atoms with Gasteiger partial charge in [-0.3, -0.25) is 0 Å². The number of nitrogens with one attached hydrogen (secondary N) is 1. The van der Waals surface area contributed by atoms with Gasteiger partial charge in [0.25, 0.3) is 0 Å². The zero-order chi connectivity index (χ0) is 12.9. The summed E-state index contributed by atoms with van der Waals surface area (Å²) in [6, 6.07) is 2.96. The van der Waals surface area contributed by atoms with E-state index in [0.717, 1.165) is 5.92 Å². The van der Waals surface area contributed by atoms with Crippen LogP contribution in [0, 0.1) is 5.92 Å². The molecule has 2 nitrogen and oxygen atoms in total. The minimum atomic E-state index is 0.704. The lowest BCUT2D eigenvalue weighted by Crippen LogP contribution is -2.47. The summed E-state index contributed by atoms with van der Waals surface area (Å²) in [5.74, 6) is 0.949. The van der Waals surface area contributed by atoms with Crippen LogP contribution in [0.25, 0.3) is 0 Å². The maximum absolute atomic E-state index is 3.84. The van der Waals surface area contributed by atoms with E-state index in [1.165, 1.54) is 70.3 Å². The van der Waals surface area contributed by atoms with Crippen LogP contribution in [0.4, 0.5) is 5.69 Å². The van der Waals surface area contributed by atoms with Gasteiger partial charge in [-0.15, -0.1) is 0 Å². The normalized spacial score (nSPS) is 25.7. The third-order valence-corrected chi connectivity index (χ3v) is 5.38. The fourth-order valence-corrected chi connectivity index (χ4v) is 4.20. The van der Waals surface area contributed by atoms with E-state index in [1.54, 1.807) is 0 Å². The van der Waals surface area contributed by atoms with Crippen LogP contribution in [0.15, 0.2) is 16.8 Å². The fourth-order valence-electron chi connectivity index (χ4n) is 3.54. The van der Waals surface area contributed by atoms with Gasteiger partial charge in [0.15, 0.2) is 0 Å². The van der Waals surface area contributed by atoms with Crippen molar-refractivity contribution in [2.24, 2.45) is 5.92 Å². The van der Waals surface area contributed by atoms with Gasteiger partial charge in [0.2, 0.25) is 0 Å². The molecule has 1 saturated carbocycles. The largest absolute Gasteiger partial charge is 0.369 e. The lowest BCUT2D eigenvalue weighted by Gasteiger charge is -2.35. The predicted octanol–water partition coefficient (Wildman–Crippen LogP) is 3.89. The maximum atomic E-state index is 3.84. The molecule has 1 N–H and O–H groups in total. The number of nitrogens with zero attached hydrogens (tertiary/aromatic N) is 1. The molecule has 0 spiro atoms. The van der Waals surface area contributed by atoms with Crippen molar-refractivity contribution in [3.63, 3.8) is 0 Å². The second-order valence-corrected chi connectivity index (χ2v) is 6.96. The average Bonchev–Trinajstić information content (AvgIpc) is 3.01. The first-order chi connectivity index (χ1) is 9.42. The van der Waals surface area contributed by atoms with Crippen molar-refractivity contribution in [3.8, 4) is 0 Å². The zero-order valence-corrected chi connectivity index (χ0v) is 12.6. The van der Waals surface area contributed by atoms with Crippen LogP contribution in [0.1, 0.15) is 44.9 Å². The third kappa shape index (κ3) is 3.73. The van der Waals surface area contributed by atoms with Crippen LogP contribution >= 0.6 is 11.3 Å². The number of thiophene rings is 1. The summed E-state index contributed by atoms with van der Waals surface area (Å²) in [4.78, 5) is 2.55. The smallest absolute Gasteiger partial charge is 0.0475 e. The van der Waals surface area contributed by atoms with E-state index in [0.29, 0.717) is 6.04 Å². The molecule has 0 aromatic carbocycles. The van der Waals surface area contributed by atoms with E-state index in [4.69, 9.17) is 0 Å². The Labute approximate surface area is 121 Å². The fraction of sp³-hybridized carbons (Fsp3) is 0.750. The molecule has 1 saturated heterocycles. The van der Waals surface area contributed by atoms with Crippen LogP contribution < -0.4 is 10.2 Å². The van der Waals surface area contributed by atoms with Gasteiger partial charge in [0.05, 0.1) is 0 Å². The summed E-state index contributed by atoms with van der Waals surface area (Å²) < 4.78 is 0. The Hall–Kier alpha value is -0.540. The summed E-state index contributed by atoms with van der Waals surface area (Å²) in [5.41, 5.74) is 1.43. The lowest BCUT2D eigenvalue weighted by atomic mass is 9.89. The summed E-state index contributed by atoms with van der Waals surface area (Å²) in [7, 11) is 0. The number of rotatable bonds is 4. The van der Waals surface area contributed by atoms with Crippen LogP contribution in [-0.2, 0) is 0 Å². The van der Waals surface area contributed by atoms with Crippen molar-refractivity contribution in [1.82, 2.24) is 5.32 Å². The summed E-state index contributed by atoms with van der Waals surface area (Å²) in [5, 5.41) is 8.32. The van der Waals surface area contributed by atoms with Gasteiger partial charge in [0.1, 0.15) is 0 Å². The Morgan fingerprint density at radius 2 is 2.05 bits per heavy atom. The molecule has 1 aromatic rings. The first kappa shape index (κ1) is 13.4. The molecule has 19 heavy (non-hydrogen) atoms. The highest BCUT2D eigenvalue weighted by molar-refractivity contribution is 7.08. The average molecular weight is 278 g/mol. The molecule has 1 aliphatic heterocycles. The van der Waals surface area contributed by atoms with E-state index >= 15 is 0 Å². The molecule has 1 aliphatic carbocycles. The van der Waals surface area contributed by atoms with E-state index in [-0.39, 0.29) is 0 Å². The van der Waals surface area contributed by atoms with Crippen LogP contribution in [0.3, 0.4) is 0 Å². The van der Waals surface area contributed by atoms with Gasteiger partial charge in [-0.05, 0) is 49.6 Å². The molecule has 1 aromatic heterocycles. The van der Waals surface area contributed by atoms with E-state index in [1.807, 2.05) is 11.3 Å².